The highest BCUT2D eigenvalue weighted by atomic mass is 19.2. The van der Waals surface area contributed by atoms with Gasteiger partial charge in [0.05, 0.1) is 34.6 Å². The Kier molecular flexibility index (Phi) is 20.9. The minimum atomic E-state index is -7.01. The molecule has 31 heteroatoms. The van der Waals surface area contributed by atoms with Crippen LogP contribution in [0.15, 0.2) is 24.3 Å². The smallest absolute Gasteiger partial charge is 0.225 e. The lowest BCUT2D eigenvalue weighted by Crippen LogP contribution is -3.08. The predicted octanol–water partition coefficient (Wildman–Crippen LogP) is 17.7. The number of hydrogen-bond acceptors (Lipinski definition) is 0. The van der Waals surface area contributed by atoms with Gasteiger partial charge in [-0.15, -0.1) is 21.9 Å². The molecule has 0 radical (unpaired) electrons. The van der Waals surface area contributed by atoms with Crippen LogP contribution < -0.4 is 26.8 Å². The molecular weight excluding hydrogens is 1330 g/mol. The van der Waals surface area contributed by atoms with Gasteiger partial charge in [0.2, 0.25) is 34.8 Å². The Morgan fingerprint density at radius 3 is 0.851 bits per heavy atom. The average molecular weight is 1370 g/mol. The number of rotatable bonds is 18. The Balaban J connectivity index is 0.000000329. The normalized spacial score (nSPS) is 13.1. The quantitative estimate of drug-likeness (QED) is 0.0287. The van der Waals surface area contributed by atoms with Crippen molar-refractivity contribution in [3.8, 4) is 0 Å². The Morgan fingerprint density at radius 2 is 0.574 bits per heavy atom. The molecule has 1 N–H and O–H groups in total. The summed E-state index contributed by atoms with van der Waals surface area (Å²) in [6.45, 7) is 9.07. The standard InChI is InChI=1S/C40H4BF24.C23H36F5N/c42-9-1-5-13(25(50)21(9)46)29(54)37(62)33(58)17(5)41(18-6-2-10(43)22(47)26(51)14(6)30(55)38(63)34(18)59,19-7-3-11(44)23(48)27(52)15(7)31(56)39(64)35(19)60)20-8-4-12(45)24(49)28(53)16(8)32(57)40(65)36(20)61;1-5-8-9-10-14-29(15-16(4)12-13-17(7-3)11-6-2)23-21(27)19(25)18(24)20(26)22(23)28/h1-4H;16-17H,5-15H2,1-4H3/q-1;/p+1. The van der Waals surface area contributed by atoms with Crippen LogP contribution in [0.25, 0.3) is 43.1 Å². The largest absolute Gasteiger partial charge is 0.297 e. The third-order valence-electron chi connectivity index (χ3n) is 16.7. The molecule has 0 aliphatic carbocycles. The zero-order valence-corrected chi connectivity index (χ0v) is 48.3. The Bertz CT molecular complexity index is 4040. The predicted molar refractivity (Wildman–Crippen MR) is 287 cm³/mol. The van der Waals surface area contributed by atoms with E-state index in [-0.39, 0.29) is 5.92 Å². The monoisotopic (exact) mass is 1370 g/mol. The zero-order chi connectivity index (χ0) is 70.1. The summed E-state index contributed by atoms with van der Waals surface area (Å²) in [4.78, 5) is 0.352. The maximum atomic E-state index is 17.3. The molecule has 0 spiro atoms. The van der Waals surface area contributed by atoms with E-state index < -0.39 is 270 Å². The van der Waals surface area contributed by atoms with Crippen molar-refractivity contribution < 1.29 is 132 Å². The molecule has 3 unspecified atom stereocenters. The van der Waals surface area contributed by atoms with E-state index in [0.717, 1.165) is 51.4 Å². The van der Waals surface area contributed by atoms with Crippen LogP contribution in [0.2, 0.25) is 0 Å². The van der Waals surface area contributed by atoms with E-state index in [2.05, 4.69) is 20.8 Å². The van der Waals surface area contributed by atoms with Crippen LogP contribution in [-0.4, -0.2) is 19.2 Å². The van der Waals surface area contributed by atoms with Gasteiger partial charge in [0.25, 0.3) is 0 Å². The molecule has 94 heavy (non-hydrogen) atoms. The van der Waals surface area contributed by atoms with Crippen molar-refractivity contribution in [1.29, 1.82) is 0 Å². The molecule has 0 fully saturated rings. The van der Waals surface area contributed by atoms with E-state index in [1.54, 1.807) is 0 Å². The number of unbranched alkanes of at least 4 members (excludes halogenated alkanes) is 3. The summed E-state index contributed by atoms with van der Waals surface area (Å²) >= 11 is 0. The molecule has 0 heterocycles. The van der Waals surface area contributed by atoms with Crippen molar-refractivity contribution in [1.82, 2.24) is 0 Å². The van der Waals surface area contributed by atoms with Crippen LogP contribution in [0.5, 0.6) is 0 Å². The van der Waals surface area contributed by atoms with E-state index >= 15 is 87.8 Å². The van der Waals surface area contributed by atoms with E-state index in [1.165, 1.54) is 0 Å². The van der Waals surface area contributed by atoms with Gasteiger partial charge < -0.3 is 0 Å². The summed E-state index contributed by atoms with van der Waals surface area (Å²) in [7, 11) is 0. The van der Waals surface area contributed by atoms with Crippen LogP contribution in [0, 0.1) is 181 Å². The molecule has 0 aromatic heterocycles. The molecule has 0 saturated heterocycles. The first-order valence-corrected chi connectivity index (χ1v) is 28.1. The molecule has 0 aliphatic heterocycles. The fourth-order valence-corrected chi connectivity index (χ4v) is 12.4. The summed E-state index contributed by atoms with van der Waals surface area (Å²) in [5.74, 6) is -84.3. The third kappa shape index (κ3) is 11.5. The maximum absolute atomic E-state index is 17.3. The van der Waals surface area contributed by atoms with Gasteiger partial charge in [-0.1, -0.05) is 59.8 Å². The second kappa shape index (κ2) is 27.4. The topological polar surface area (TPSA) is 4.44 Å². The van der Waals surface area contributed by atoms with Crippen LogP contribution in [0.3, 0.4) is 0 Å². The van der Waals surface area contributed by atoms with Crippen molar-refractivity contribution in [3.63, 3.8) is 0 Å². The number of nitrogens with one attached hydrogen (secondary N) is 1. The lowest BCUT2D eigenvalue weighted by atomic mass is 9.11. The third-order valence-corrected chi connectivity index (χ3v) is 16.7. The second-order valence-corrected chi connectivity index (χ2v) is 22.2. The van der Waals surface area contributed by atoms with Gasteiger partial charge in [0.15, 0.2) is 116 Å². The molecule has 9 rings (SSSR count). The zero-order valence-electron chi connectivity index (χ0n) is 48.3. The van der Waals surface area contributed by atoms with Gasteiger partial charge in [0, 0.05) is 5.92 Å². The highest BCUT2D eigenvalue weighted by molar-refractivity contribution is 7.23. The Hall–Kier alpha value is -7.99. The molecule has 1 nitrogen and oxygen atoms in total. The van der Waals surface area contributed by atoms with Crippen LogP contribution in [0.4, 0.5) is 133 Å². The molecule has 0 amide bonds. The number of halogens is 29. The van der Waals surface area contributed by atoms with Crippen molar-refractivity contribution in [2.45, 2.75) is 85.5 Å². The van der Waals surface area contributed by atoms with E-state index in [1.807, 2.05) is 6.92 Å². The van der Waals surface area contributed by atoms with E-state index in [0.29, 0.717) is 30.3 Å². The highest BCUT2D eigenvalue weighted by Crippen LogP contribution is 2.40. The molecule has 504 valence electrons. The molecule has 0 aliphatic rings. The maximum Gasteiger partial charge on any atom is 0.225 e. The fourth-order valence-electron chi connectivity index (χ4n) is 12.4. The molecule has 9 aromatic rings. The number of benzene rings is 9. The van der Waals surface area contributed by atoms with Gasteiger partial charge in [-0.2, -0.15) is 8.78 Å². The minimum absolute atomic E-state index is 0.122. The second-order valence-electron chi connectivity index (χ2n) is 22.2. The average Bonchev–Trinajstić information content (AvgIpc) is 0.668. The van der Waals surface area contributed by atoms with E-state index in [9.17, 15) is 39.5 Å². The molecular formula is C63H41BF29N. The minimum Gasteiger partial charge on any atom is -0.297 e. The van der Waals surface area contributed by atoms with E-state index in [4.69, 9.17) is 0 Å². The molecule has 0 bridgehead atoms. The number of quaternary nitrogens is 1. The lowest BCUT2D eigenvalue weighted by molar-refractivity contribution is -0.839. The summed E-state index contributed by atoms with van der Waals surface area (Å²) in [6.07, 6.45) is 1.79. The molecule has 0 saturated carbocycles. The molecule has 9 aromatic carbocycles. The van der Waals surface area contributed by atoms with Crippen molar-refractivity contribution in [2.75, 3.05) is 13.1 Å². The Labute approximate surface area is 511 Å². The first kappa shape index (κ1) is 71.9. The van der Waals surface area contributed by atoms with Gasteiger partial charge in [-0.3, -0.25) is 4.90 Å². The van der Waals surface area contributed by atoms with Crippen LogP contribution in [0.1, 0.15) is 85.5 Å². The van der Waals surface area contributed by atoms with Crippen molar-refractivity contribution in [2.24, 2.45) is 11.8 Å². The fraction of sp³-hybridized carbons (Fsp3) is 0.270. The summed E-state index contributed by atoms with van der Waals surface area (Å²) in [5.41, 5.74) is -12.8. The van der Waals surface area contributed by atoms with Gasteiger partial charge in [-0.25, -0.2) is 119 Å². The summed E-state index contributed by atoms with van der Waals surface area (Å²) in [5, 5.41) is -20.5. The van der Waals surface area contributed by atoms with Crippen LogP contribution >= 0.6 is 0 Å². The number of fused-ring (bicyclic) bond motifs is 4. The van der Waals surface area contributed by atoms with Crippen molar-refractivity contribution in [3.05, 3.63) is 193 Å². The number of hydrogen-bond donors (Lipinski definition) is 1. The summed E-state index contributed by atoms with van der Waals surface area (Å²) < 4.78 is 449. The van der Waals surface area contributed by atoms with Gasteiger partial charge in [0.1, 0.15) is 29.4 Å². The first-order chi connectivity index (χ1) is 44.1. The van der Waals surface area contributed by atoms with Gasteiger partial charge in [-0.05, 0) is 77.4 Å². The highest BCUT2D eigenvalue weighted by Gasteiger charge is 2.50. The lowest BCUT2D eigenvalue weighted by Gasteiger charge is -2.47. The SMILES string of the molecule is CCCCCC[NH+](CC(C)CCC(CC)CCC)c1c(F)c(F)c(F)c(F)c1F.Fc1cc2c([B-](c3c(F)c(F)c(F)c4c(F)c(F)c(F)cc34)(c3c(F)c(F)c(F)c4c(F)c(F)c(F)cc34)c3c(F)c(F)c(F)c4c(F)c(F)c(F)cc34)c(F)c(F)c(F)c2c(F)c1F. The summed E-state index contributed by atoms with van der Waals surface area (Å²) in [6, 6.07) is -3.25. The van der Waals surface area contributed by atoms with Gasteiger partial charge >= 0.3 is 0 Å². The Morgan fingerprint density at radius 1 is 0.298 bits per heavy atom. The van der Waals surface area contributed by atoms with Crippen molar-refractivity contribution >= 4 is 76.8 Å². The first-order valence-electron chi connectivity index (χ1n) is 28.1. The molecule has 3 atom stereocenters. The van der Waals surface area contributed by atoms with Crippen LogP contribution in [-0.2, 0) is 0 Å².